The summed E-state index contributed by atoms with van der Waals surface area (Å²) in [5, 5.41) is 1.22. The van der Waals surface area contributed by atoms with E-state index in [2.05, 4.69) is 6.08 Å². The lowest BCUT2D eigenvalue weighted by Crippen LogP contribution is -2.56. The zero-order valence-corrected chi connectivity index (χ0v) is 10.8. The Hall–Kier alpha value is -1.56. The lowest BCUT2D eigenvalue weighted by atomic mass is 9.77. The molecule has 0 N–H and O–H groups in total. The molecule has 3 rings (SSSR count). The SMILES string of the molecule is COC(=O)N1CC2C=CC1C(C(=O)N(C)OC)C2. The van der Waals surface area contributed by atoms with Crippen LogP contribution in [-0.4, -0.2) is 55.8 Å². The molecule has 0 saturated carbocycles. The molecule has 0 spiro atoms. The highest BCUT2D eigenvalue weighted by atomic mass is 16.7. The molecule has 1 fully saturated rings. The molecule has 3 atom stereocenters. The summed E-state index contributed by atoms with van der Waals surface area (Å²) in [5.74, 6) is -0.142. The van der Waals surface area contributed by atoms with Crippen molar-refractivity contribution in [2.45, 2.75) is 12.5 Å². The van der Waals surface area contributed by atoms with Crippen LogP contribution in [0.2, 0.25) is 0 Å². The number of carbonyl (C=O) groups excluding carboxylic acids is 2. The van der Waals surface area contributed by atoms with Gasteiger partial charge in [0.2, 0.25) is 0 Å². The summed E-state index contributed by atoms with van der Waals surface area (Å²) >= 11 is 0. The van der Waals surface area contributed by atoms with Crippen molar-refractivity contribution in [2.75, 3.05) is 27.8 Å². The molecule has 2 amide bonds. The van der Waals surface area contributed by atoms with Crippen LogP contribution < -0.4 is 0 Å². The predicted molar refractivity (Wildman–Crippen MR) is 63.4 cm³/mol. The summed E-state index contributed by atoms with van der Waals surface area (Å²) < 4.78 is 4.75. The number of rotatable bonds is 2. The molecule has 0 radical (unpaired) electrons. The van der Waals surface area contributed by atoms with E-state index in [1.165, 1.54) is 19.3 Å². The second kappa shape index (κ2) is 4.97. The van der Waals surface area contributed by atoms with Gasteiger partial charge < -0.3 is 9.64 Å². The van der Waals surface area contributed by atoms with Gasteiger partial charge in [0.1, 0.15) is 0 Å². The van der Waals surface area contributed by atoms with Gasteiger partial charge in [0.15, 0.2) is 0 Å². The van der Waals surface area contributed by atoms with E-state index >= 15 is 0 Å². The van der Waals surface area contributed by atoms with Crippen molar-refractivity contribution >= 4 is 12.0 Å². The Morgan fingerprint density at radius 1 is 1.33 bits per heavy atom. The number of hydrogen-bond acceptors (Lipinski definition) is 4. The molecule has 18 heavy (non-hydrogen) atoms. The molecule has 3 aliphatic rings. The number of ether oxygens (including phenoxy) is 1. The first kappa shape index (κ1) is 12.9. The molecular formula is C12H18N2O4. The first-order valence-electron chi connectivity index (χ1n) is 5.93. The molecular weight excluding hydrogens is 236 g/mol. The van der Waals surface area contributed by atoms with E-state index in [0.29, 0.717) is 6.54 Å². The number of nitrogens with zero attached hydrogens (tertiary/aromatic N) is 2. The van der Waals surface area contributed by atoms with E-state index < -0.39 is 0 Å². The van der Waals surface area contributed by atoms with Gasteiger partial charge in [0, 0.05) is 13.6 Å². The molecule has 100 valence electrons. The van der Waals surface area contributed by atoms with E-state index in [1.807, 2.05) is 6.08 Å². The van der Waals surface area contributed by atoms with Crippen LogP contribution in [0.3, 0.4) is 0 Å². The highest BCUT2D eigenvalue weighted by Gasteiger charge is 2.44. The molecule has 2 bridgehead atoms. The standard InChI is InChI=1S/C12H18N2O4/c1-13(18-3)11(15)9-6-8-4-5-10(9)14(7-8)12(16)17-2/h4-5,8-10H,6-7H2,1-3H3. The van der Waals surface area contributed by atoms with Crippen molar-refractivity contribution in [2.24, 2.45) is 11.8 Å². The normalized spacial score (nSPS) is 29.3. The lowest BCUT2D eigenvalue weighted by molar-refractivity contribution is -0.177. The van der Waals surface area contributed by atoms with Gasteiger partial charge in [-0.05, 0) is 12.3 Å². The molecule has 0 aromatic carbocycles. The zero-order valence-electron chi connectivity index (χ0n) is 10.8. The molecule has 1 saturated heterocycles. The average molecular weight is 254 g/mol. The van der Waals surface area contributed by atoms with Crippen molar-refractivity contribution in [3.05, 3.63) is 12.2 Å². The Labute approximate surface area is 106 Å². The number of hydrogen-bond donors (Lipinski definition) is 0. The fraction of sp³-hybridized carbons (Fsp3) is 0.667. The average Bonchev–Trinajstić information content (AvgIpc) is 2.44. The van der Waals surface area contributed by atoms with Crippen LogP contribution in [0, 0.1) is 11.8 Å². The lowest BCUT2D eigenvalue weighted by Gasteiger charge is -2.45. The van der Waals surface area contributed by atoms with Crippen LogP contribution >= 0.6 is 0 Å². The molecule has 3 unspecified atom stereocenters. The third kappa shape index (κ3) is 2.08. The van der Waals surface area contributed by atoms with Crippen LogP contribution in [0.1, 0.15) is 6.42 Å². The number of piperidine rings is 1. The summed E-state index contributed by atoms with van der Waals surface area (Å²) in [6.45, 7) is 0.619. The quantitative estimate of drug-likeness (QED) is 0.536. The smallest absolute Gasteiger partial charge is 0.410 e. The monoisotopic (exact) mass is 254 g/mol. The van der Waals surface area contributed by atoms with Gasteiger partial charge in [0.05, 0.1) is 26.2 Å². The number of methoxy groups -OCH3 is 1. The van der Waals surface area contributed by atoms with Crippen molar-refractivity contribution in [3.8, 4) is 0 Å². The van der Waals surface area contributed by atoms with E-state index in [-0.39, 0.29) is 29.9 Å². The van der Waals surface area contributed by atoms with Crippen LogP contribution in [0.25, 0.3) is 0 Å². The minimum absolute atomic E-state index is 0.106. The summed E-state index contributed by atoms with van der Waals surface area (Å²) in [6, 6.07) is -0.229. The van der Waals surface area contributed by atoms with Crippen LogP contribution in [0.5, 0.6) is 0 Å². The Morgan fingerprint density at radius 3 is 2.61 bits per heavy atom. The third-order valence-corrected chi connectivity index (χ3v) is 3.65. The van der Waals surface area contributed by atoms with Crippen molar-refractivity contribution in [1.29, 1.82) is 0 Å². The van der Waals surface area contributed by atoms with Crippen molar-refractivity contribution < 1.29 is 19.2 Å². The first-order chi connectivity index (χ1) is 8.58. The Balaban J connectivity index is 2.17. The zero-order chi connectivity index (χ0) is 13.3. The highest BCUT2D eigenvalue weighted by molar-refractivity contribution is 5.80. The number of amides is 2. The second-order valence-corrected chi connectivity index (χ2v) is 4.62. The number of hydroxylamine groups is 2. The molecule has 2 aliphatic heterocycles. The third-order valence-electron chi connectivity index (χ3n) is 3.65. The first-order valence-corrected chi connectivity index (χ1v) is 5.93. The summed E-state index contributed by atoms with van der Waals surface area (Å²) in [5.41, 5.74) is 0. The Bertz CT molecular complexity index is 382. The molecule has 0 aromatic rings. The maximum absolute atomic E-state index is 12.2. The summed E-state index contributed by atoms with van der Waals surface area (Å²) in [7, 11) is 4.39. The van der Waals surface area contributed by atoms with E-state index in [1.54, 1.807) is 11.9 Å². The second-order valence-electron chi connectivity index (χ2n) is 4.62. The predicted octanol–water partition coefficient (Wildman–Crippen LogP) is 0.649. The molecule has 6 heteroatoms. The van der Waals surface area contributed by atoms with Crippen LogP contribution in [0.15, 0.2) is 12.2 Å². The van der Waals surface area contributed by atoms with Crippen molar-refractivity contribution in [3.63, 3.8) is 0 Å². The number of fused-ring (bicyclic) bond motifs is 2. The summed E-state index contributed by atoms with van der Waals surface area (Å²) in [4.78, 5) is 30.4. The minimum atomic E-state index is -0.382. The van der Waals surface area contributed by atoms with Crippen LogP contribution in [0.4, 0.5) is 4.79 Å². The minimum Gasteiger partial charge on any atom is -0.453 e. The van der Waals surface area contributed by atoms with Gasteiger partial charge in [-0.2, -0.15) is 0 Å². The largest absolute Gasteiger partial charge is 0.453 e. The fourth-order valence-electron chi connectivity index (χ4n) is 2.66. The molecule has 1 aliphatic carbocycles. The topological polar surface area (TPSA) is 59.1 Å². The van der Waals surface area contributed by atoms with Gasteiger partial charge in [-0.3, -0.25) is 9.63 Å². The van der Waals surface area contributed by atoms with E-state index in [4.69, 9.17) is 9.57 Å². The van der Waals surface area contributed by atoms with Gasteiger partial charge in [-0.15, -0.1) is 0 Å². The molecule has 6 nitrogen and oxygen atoms in total. The van der Waals surface area contributed by atoms with E-state index in [0.717, 1.165) is 6.42 Å². The van der Waals surface area contributed by atoms with Gasteiger partial charge in [-0.1, -0.05) is 12.2 Å². The fourth-order valence-corrected chi connectivity index (χ4v) is 2.66. The molecule has 2 heterocycles. The Morgan fingerprint density at radius 2 is 2.06 bits per heavy atom. The number of carbonyl (C=O) groups is 2. The van der Waals surface area contributed by atoms with Gasteiger partial charge in [-0.25, -0.2) is 9.86 Å². The van der Waals surface area contributed by atoms with Crippen LogP contribution in [-0.2, 0) is 14.4 Å². The van der Waals surface area contributed by atoms with Crippen molar-refractivity contribution in [1.82, 2.24) is 9.96 Å². The highest BCUT2D eigenvalue weighted by Crippen LogP contribution is 2.35. The maximum Gasteiger partial charge on any atom is 0.410 e. The van der Waals surface area contributed by atoms with E-state index in [9.17, 15) is 9.59 Å². The molecule has 0 aromatic heterocycles. The Kier molecular flexibility index (Phi) is 3.56. The summed E-state index contributed by atoms with van der Waals surface area (Å²) in [6.07, 6.45) is 4.36. The van der Waals surface area contributed by atoms with Gasteiger partial charge in [0.25, 0.3) is 5.91 Å². The maximum atomic E-state index is 12.2. The van der Waals surface area contributed by atoms with Gasteiger partial charge >= 0.3 is 6.09 Å².